The van der Waals surface area contributed by atoms with Crippen LogP contribution in [0.4, 0.5) is 0 Å². The number of fused-ring (bicyclic) bond motifs is 1. The van der Waals surface area contributed by atoms with Crippen LogP contribution in [0.25, 0.3) is 22.4 Å². The van der Waals surface area contributed by atoms with E-state index in [9.17, 15) is 9.59 Å². The van der Waals surface area contributed by atoms with Crippen LogP contribution in [0.2, 0.25) is 0 Å². The van der Waals surface area contributed by atoms with E-state index in [1.54, 1.807) is 39.0 Å². The minimum absolute atomic E-state index is 0.0411. The van der Waals surface area contributed by atoms with Crippen LogP contribution in [0.1, 0.15) is 51.3 Å². The standard InChI is InChI=1S/C28H40N4O5/c1-9-22(27(34)37-28(3,4)5)29-14-19-10-11-23-24(13-19)32(21(16-35-7)17-36-8)25(30-23)20-12-18(2)26(33)31(6)15-20/h10-13,15,21-22,29H,9,14,16-17H2,1-8H3. The van der Waals surface area contributed by atoms with Crippen molar-refractivity contribution >= 4 is 17.0 Å². The Balaban J connectivity index is 2.04. The van der Waals surface area contributed by atoms with E-state index in [-0.39, 0.29) is 17.6 Å². The number of hydrogen-bond donors (Lipinski definition) is 1. The molecule has 9 heteroatoms. The van der Waals surface area contributed by atoms with Gasteiger partial charge in [0, 0.05) is 45.1 Å². The highest BCUT2D eigenvalue weighted by molar-refractivity contribution is 5.82. The Morgan fingerprint density at radius 2 is 1.81 bits per heavy atom. The van der Waals surface area contributed by atoms with Crippen molar-refractivity contribution in [1.29, 1.82) is 0 Å². The van der Waals surface area contributed by atoms with Crippen molar-refractivity contribution in [3.8, 4) is 11.4 Å². The number of imidazole rings is 1. The number of benzene rings is 1. The van der Waals surface area contributed by atoms with Crippen molar-refractivity contribution in [1.82, 2.24) is 19.4 Å². The Hall–Kier alpha value is -3.01. The van der Waals surface area contributed by atoms with Gasteiger partial charge in [0.15, 0.2) is 0 Å². The summed E-state index contributed by atoms with van der Waals surface area (Å²) in [5.41, 5.74) is 3.65. The number of carbonyl (C=O) groups is 1. The number of aryl methyl sites for hydroxylation is 2. The average Bonchev–Trinajstić information content (AvgIpc) is 3.20. The Labute approximate surface area is 218 Å². The highest BCUT2D eigenvalue weighted by Gasteiger charge is 2.24. The third-order valence-electron chi connectivity index (χ3n) is 6.11. The van der Waals surface area contributed by atoms with Crippen molar-refractivity contribution in [3.05, 3.63) is 51.9 Å². The molecular formula is C28H40N4O5. The summed E-state index contributed by atoms with van der Waals surface area (Å²) < 4.78 is 20.3. The monoisotopic (exact) mass is 512 g/mol. The van der Waals surface area contributed by atoms with Gasteiger partial charge < -0.3 is 28.7 Å². The first-order valence-electron chi connectivity index (χ1n) is 12.6. The molecule has 1 unspecified atom stereocenters. The predicted molar refractivity (Wildman–Crippen MR) is 145 cm³/mol. The lowest BCUT2D eigenvalue weighted by Crippen LogP contribution is -2.40. The first-order valence-corrected chi connectivity index (χ1v) is 12.6. The second kappa shape index (κ2) is 12.0. The normalized spacial score (nSPS) is 12.9. The van der Waals surface area contributed by atoms with E-state index in [1.807, 2.05) is 45.9 Å². The maximum atomic E-state index is 12.6. The summed E-state index contributed by atoms with van der Waals surface area (Å²) in [7, 11) is 5.07. The van der Waals surface area contributed by atoms with Gasteiger partial charge in [0.1, 0.15) is 17.5 Å². The van der Waals surface area contributed by atoms with Gasteiger partial charge in [-0.25, -0.2) is 4.98 Å². The highest BCUT2D eigenvalue weighted by atomic mass is 16.6. The molecule has 3 aromatic rings. The molecule has 0 saturated heterocycles. The van der Waals surface area contributed by atoms with E-state index in [1.165, 1.54) is 0 Å². The molecular weight excluding hydrogens is 472 g/mol. The minimum atomic E-state index is -0.537. The molecule has 1 N–H and O–H groups in total. The summed E-state index contributed by atoms with van der Waals surface area (Å²) in [5.74, 6) is 0.479. The third-order valence-corrected chi connectivity index (χ3v) is 6.11. The van der Waals surface area contributed by atoms with Gasteiger partial charge in [0.2, 0.25) is 0 Å². The second-order valence-corrected chi connectivity index (χ2v) is 10.4. The number of nitrogens with one attached hydrogen (secondary N) is 1. The van der Waals surface area contributed by atoms with Crippen molar-refractivity contribution in [3.63, 3.8) is 0 Å². The summed E-state index contributed by atoms with van der Waals surface area (Å²) in [6, 6.07) is 7.39. The maximum Gasteiger partial charge on any atom is 0.323 e. The lowest BCUT2D eigenvalue weighted by Gasteiger charge is -2.24. The Morgan fingerprint density at radius 1 is 1.14 bits per heavy atom. The molecule has 0 spiro atoms. The molecule has 0 aliphatic rings. The fraction of sp³-hybridized carbons (Fsp3) is 0.536. The summed E-state index contributed by atoms with van der Waals surface area (Å²) in [5, 5.41) is 3.34. The Kier molecular flexibility index (Phi) is 9.28. The first-order chi connectivity index (χ1) is 17.5. The maximum absolute atomic E-state index is 12.6. The number of aromatic nitrogens is 3. The van der Waals surface area contributed by atoms with Gasteiger partial charge in [-0.15, -0.1) is 0 Å². The van der Waals surface area contributed by atoms with Gasteiger partial charge >= 0.3 is 5.97 Å². The molecule has 2 aromatic heterocycles. The number of carbonyl (C=O) groups excluding carboxylic acids is 1. The van der Waals surface area contributed by atoms with Crippen molar-refractivity contribution in [2.45, 2.75) is 65.3 Å². The summed E-state index contributed by atoms with van der Waals surface area (Å²) >= 11 is 0. The number of ether oxygens (including phenoxy) is 3. The Morgan fingerprint density at radius 3 is 2.38 bits per heavy atom. The lowest BCUT2D eigenvalue weighted by atomic mass is 10.1. The molecule has 0 saturated carbocycles. The van der Waals surface area contributed by atoms with Crippen LogP contribution in [0.3, 0.4) is 0 Å². The van der Waals surface area contributed by atoms with Crippen LogP contribution in [0.5, 0.6) is 0 Å². The van der Waals surface area contributed by atoms with E-state index < -0.39 is 11.6 Å². The number of pyridine rings is 1. The number of hydrogen-bond acceptors (Lipinski definition) is 7. The lowest BCUT2D eigenvalue weighted by molar-refractivity contribution is -0.157. The van der Waals surface area contributed by atoms with Gasteiger partial charge in [0.05, 0.1) is 30.3 Å². The van der Waals surface area contributed by atoms with Crippen molar-refractivity contribution in [2.24, 2.45) is 7.05 Å². The van der Waals surface area contributed by atoms with E-state index in [4.69, 9.17) is 19.2 Å². The smallest absolute Gasteiger partial charge is 0.323 e. The number of rotatable bonds is 11. The molecule has 0 aliphatic carbocycles. The third kappa shape index (κ3) is 6.85. The molecule has 202 valence electrons. The number of nitrogens with zero attached hydrogens (tertiary/aromatic N) is 3. The van der Waals surface area contributed by atoms with Crippen LogP contribution < -0.4 is 10.9 Å². The van der Waals surface area contributed by atoms with E-state index in [0.717, 1.165) is 28.0 Å². The minimum Gasteiger partial charge on any atom is -0.459 e. The van der Waals surface area contributed by atoms with Gasteiger partial charge in [-0.1, -0.05) is 13.0 Å². The molecule has 37 heavy (non-hydrogen) atoms. The average molecular weight is 513 g/mol. The molecule has 0 fully saturated rings. The van der Waals surface area contributed by atoms with Crippen molar-refractivity contribution in [2.75, 3.05) is 27.4 Å². The SMILES string of the molecule is CCC(NCc1ccc2nc(-c3cc(C)c(=O)n(C)c3)n(C(COC)COC)c2c1)C(=O)OC(C)(C)C. The molecule has 0 aliphatic heterocycles. The van der Waals surface area contributed by atoms with E-state index in [0.29, 0.717) is 31.7 Å². The van der Waals surface area contributed by atoms with Crippen LogP contribution in [0, 0.1) is 6.92 Å². The predicted octanol–water partition coefficient (Wildman–Crippen LogP) is 3.75. The Bertz CT molecular complexity index is 1260. The second-order valence-electron chi connectivity index (χ2n) is 10.4. The zero-order chi connectivity index (χ0) is 27.3. The van der Waals surface area contributed by atoms with Crippen LogP contribution in [0.15, 0.2) is 35.3 Å². The molecule has 0 radical (unpaired) electrons. The van der Waals surface area contributed by atoms with E-state index >= 15 is 0 Å². The van der Waals surface area contributed by atoms with Gasteiger partial charge in [-0.3, -0.25) is 9.59 Å². The topological polar surface area (TPSA) is 96.6 Å². The molecule has 1 aromatic carbocycles. The molecule has 9 nitrogen and oxygen atoms in total. The molecule has 3 rings (SSSR count). The van der Waals surface area contributed by atoms with Gasteiger partial charge in [-0.2, -0.15) is 0 Å². The van der Waals surface area contributed by atoms with Crippen LogP contribution in [-0.4, -0.2) is 59.2 Å². The zero-order valence-corrected chi connectivity index (χ0v) is 23.3. The summed E-state index contributed by atoms with van der Waals surface area (Å²) in [6.45, 7) is 10.7. The van der Waals surface area contributed by atoms with Crippen LogP contribution in [-0.2, 0) is 32.6 Å². The van der Waals surface area contributed by atoms with E-state index in [2.05, 4.69) is 16.0 Å². The molecule has 2 heterocycles. The quantitative estimate of drug-likeness (QED) is 0.391. The van der Waals surface area contributed by atoms with Gasteiger partial charge in [-0.05, 0) is 57.9 Å². The van der Waals surface area contributed by atoms with Crippen LogP contribution >= 0.6 is 0 Å². The summed E-state index contributed by atoms with van der Waals surface area (Å²) in [6.07, 6.45) is 2.42. The fourth-order valence-corrected chi connectivity index (χ4v) is 4.41. The largest absolute Gasteiger partial charge is 0.459 e. The number of methoxy groups -OCH3 is 2. The number of esters is 1. The zero-order valence-electron chi connectivity index (χ0n) is 23.3. The van der Waals surface area contributed by atoms with Crippen molar-refractivity contribution < 1.29 is 19.0 Å². The summed E-state index contributed by atoms with van der Waals surface area (Å²) in [4.78, 5) is 29.9. The van der Waals surface area contributed by atoms with Gasteiger partial charge in [0.25, 0.3) is 5.56 Å². The highest BCUT2D eigenvalue weighted by Crippen LogP contribution is 2.30. The fourth-order valence-electron chi connectivity index (χ4n) is 4.41. The molecule has 0 amide bonds. The molecule has 0 bridgehead atoms. The first kappa shape index (κ1) is 28.6. The molecule has 1 atom stereocenters.